The number of methoxy groups -OCH3 is 1. The summed E-state index contributed by atoms with van der Waals surface area (Å²) in [6.07, 6.45) is 0. The summed E-state index contributed by atoms with van der Waals surface area (Å²) in [4.78, 5) is 13.6. The average Bonchev–Trinajstić information content (AvgIpc) is 2.43. The number of rotatable bonds is 3. The highest BCUT2D eigenvalue weighted by molar-refractivity contribution is 14.1. The Kier molecular flexibility index (Phi) is 5.29. The summed E-state index contributed by atoms with van der Waals surface area (Å²) in [6, 6.07) is 13.6. The standard InChI is InChI=1S/C14H10BrIO2S/c1-18-14(17)9-2-4-10(5-3-9)19-11-6-7-13(16)12(15)8-11/h2-8H,1H3. The van der Waals surface area contributed by atoms with Gasteiger partial charge in [0.05, 0.1) is 12.7 Å². The van der Waals surface area contributed by atoms with Gasteiger partial charge >= 0.3 is 5.97 Å². The molecule has 0 N–H and O–H groups in total. The van der Waals surface area contributed by atoms with Gasteiger partial charge in [-0.2, -0.15) is 0 Å². The van der Waals surface area contributed by atoms with E-state index in [-0.39, 0.29) is 5.97 Å². The molecule has 2 nitrogen and oxygen atoms in total. The molecule has 0 aliphatic rings. The van der Waals surface area contributed by atoms with Gasteiger partial charge in [0.2, 0.25) is 0 Å². The van der Waals surface area contributed by atoms with E-state index in [1.807, 2.05) is 12.1 Å². The fourth-order valence-corrected chi connectivity index (χ4v) is 3.18. The van der Waals surface area contributed by atoms with Crippen LogP contribution in [-0.4, -0.2) is 13.1 Å². The molecule has 0 spiro atoms. The van der Waals surface area contributed by atoms with Crippen LogP contribution in [0.4, 0.5) is 0 Å². The maximum absolute atomic E-state index is 11.3. The summed E-state index contributed by atoms with van der Waals surface area (Å²) >= 11 is 7.45. The Morgan fingerprint density at radius 3 is 2.37 bits per heavy atom. The molecule has 2 aromatic carbocycles. The molecule has 2 rings (SSSR count). The van der Waals surface area contributed by atoms with Crippen molar-refractivity contribution >= 4 is 56.3 Å². The van der Waals surface area contributed by atoms with Crippen molar-refractivity contribution in [2.24, 2.45) is 0 Å². The quantitative estimate of drug-likeness (QED) is 0.488. The average molecular weight is 449 g/mol. The summed E-state index contributed by atoms with van der Waals surface area (Å²) in [7, 11) is 1.38. The van der Waals surface area contributed by atoms with E-state index in [1.54, 1.807) is 23.9 Å². The van der Waals surface area contributed by atoms with Crippen LogP contribution < -0.4 is 0 Å². The fraction of sp³-hybridized carbons (Fsp3) is 0.0714. The summed E-state index contributed by atoms with van der Waals surface area (Å²) in [5.41, 5.74) is 0.565. The Labute approximate surface area is 138 Å². The molecule has 0 radical (unpaired) electrons. The fourth-order valence-electron chi connectivity index (χ4n) is 1.45. The highest BCUT2D eigenvalue weighted by Gasteiger charge is 2.05. The molecule has 98 valence electrons. The first kappa shape index (κ1) is 14.9. The van der Waals surface area contributed by atoms with Crippen LogP contribution in [0.1, 0.15) is 10.4 Å². The zero-order valence-electron chi connectivity index (χ0n) is 10.0. The van der Waals surface area contributed by atoms with Gasteiger partial charge < -0.3 is 4.74 Å². The van der Waals surface area contributed by atoms with Crippen molar-refractivity contribution in [1.82, 2.24) is 0 Å². The highest BCUT2D eigenvalue weighted by atomic mass is 127. The summed E-state index contributed by atoms with van der Waals surface area (Å²) in [5, 5.41) is 0. The SMILES string of the molecule is COC(=O)c1ccc(Sc2ccc(I)c(Br)c2)cc1. The van der Waals surface area contributed by atoms with Gasteiger partial charge in [-0.25, -0.2) is 4.79 Å². The van der Waals surface area contributed by atoms with Gasteiger partial charge in [-0.15, -0.1) is 0 Å². The third-order valence-corrected chi connectivity index (χ3v) is 5.74. The number of hydrogen-bond donors (Lipinski definition) is 0. The third kappa shape index (κ3) is 3.97. The van der Waals surface area contributed by atoms with Gasteiger partial charge in [0.15, 0.2) is 0 Å². The monoisotopic (exact) mass is 448 g/mol. The molecule has 0 aromatic heterocycles. The molecule has 0 aliphatic carbocycles. The number of esters is 1. The molecular weight excluding hydrogens is 439 g/mol. The molecule has 0 fully saturated rings. The Hall–Kier alpha value is -0.530. The second-order valence-corrected chi connectivity index (χ2v) is 6.86. The highest BCUT2D eigenvalue weighted by Crippen LogP contribution is 2.31. The minimum absolute atomic E-state index is 0.312. The lowest BCUT2D eigenvalue weighted by molar-refractivity contribution is 0.0600. The minimum atomic E-state index is -0.312. The van der Waals surface area contributed by atoms with Crippen molar-refractivity contribution in [2.75, 3.05) is 7.11 Å². The zero-order valence-corrected chi connectivity index (χ0v) is 14.6. The largest absolute Gasteiger partial charge is 0.465 e. The van der Waals surface area contributed by atoms with E-state index < -0.39 is 0 Å². The van der Waals surface area contributed by atoms with Crippen LogP contribution in [0.15, 0.2) is 56.7 Å². The lowest BCUT2D eigenvalue weighted by Crippen LogP contribution is -2.00. The summed E-state index contributed by atoms with van der Waals surface area (Å²) < 4.78 is 6.94. The molecule has 0 bridgehead atoms. The molecule has 0 saturated carbocycles. The Morgan fingerprint density at radius 2 is 1.79 bits per heavy atom. The van der Waals surface area contributed by atoms with Crippen molar-refractivity contribution in [1.29, 1.82) is 0 Å². The van der Waals surface area contributed by atoms with E-state index in [0.29, 0.717) is 5.56 Å². The third-order valence-electron chi connectivity index (χ3n) is 2.40. The normalized spacial score (nSPS) is 10.3. The molecular formula is C14H10BrIO2S. The van der Waals surface area contributed by atoms with Crippen LogP contribution in [-0.2, 0) is 4.74 Å². The predicted molar refractivity (Wildman–Crippen MR) is 88.8 cm³/mol. The van der Waals surface area contributed by atoms with Gasteiger partial charge in [-0.3, -0.25) is 0 Å². The van der Waals surface area contributed by atoms with Crippen LogP contribution in [0.5, 0.6) is 0 Å². The van der Waals surface area contributed by atoms with Gasteiger partial charge in [0.25, 0.3) is 0 Å². The van der Waals surface area contributed by atoms with Crippen LogP contribution in [0.25, 0.3) is 0 Å². The first-order valence-electron chi connectivity index (χ1n) is 5.41. The van der Waals surface area contributed by atoms with Crippen LogP contribution >= 0.6 is 50.3 Å². The molecule has 0 heterocycles. The predicted octanol–water partition coefficient (Wildman–Crippen LogP) is 4.99. The Morgan fingerprint density at radius 1 is 1.16 bits per heavy atom. The van der Waals surface area contributed by atoms with E-state index >= 15 is 0 Å². The molecule has 0 unspecified atom stereocenters. The van der Waals surface area contributed by atoms with Gasteiger partial charge in [-0.1, -0.05) is 11.8 Å². The number of carbonyl (C=O) groups is 1. The molecule has 5 heteroatoms. The number of carbonyl (C=O) groups excluding carboxylic acids is 1. The van der Waals surface area contributed by atoms with Gasteiger partial charge in [0.1, 0.15) is 0 Å². The van der Waals surface area contributed by atoms with E-state index in [0.717, 1.165) is 14.3 Å². The smallest absolute Gasteiger partial charge is 0.337 e. The molecule has 2 aromatic rings. The lowest BCUT2D eigenvalue weighted by atomic mass is 10.2. The number of halogens is 2. The van der Waals surface area contributed by atoms with Gasteiger partial charge in [-0.05, 0) is 81.0 Å². The topological polar surface area (TPSA) is 26.3 Å². The van der Waals surface area contributed by atoms with Crippen LogP contribution in [0.2, 0.25) is 0 Å². The minimum Gasteiger partial charge on any atom is -0.465 e. The second-order valence-electron chi connectivity index (χ2n) is 3.69. The zero-order chi connectivity index (χ0) is 13.8. The summed E-state index contributed by atoms with van der Waals surface area (Å²) in [6.45, 7) is 0. The number of benzene rings is 2. The Bertz CT molecular complexity index is 599. The van der Waals surface area contributed by atoms with Crippen molar-refractivity contribution < 1.29 is 9.53 Å². The van der Waals surface area contributed by atoms with E-state index in [9.17, 15) is 4.79 Å². The molecule has 0 saturated heterocycles. The first-order valence-corrected chi connectivity index (χ1v) is 8.10. The second kappa shape index (κ2) is 6.76. The Balaban J connectivity index is 2.15. The van der Waals surface area contributed by atoms with Crippen molar-refractivity contribution in [3.63, 3.8) is 0 Å². The maximum Gasteiger partial charge on any atom is 0.337 e. The van der Waals surface area contributed by atoms with Crippen LogP contribution in [0, 0.1) is 3.57 Å². The lowest BCUT2D eigenvalue weighted by Gasteiger charge is -2.04. The molecule has 0 atom stereocenters. The van der Waals surface area contributed by atoms with Gasteiger partial charge in [0, 0.05) is 17.8 Å². The van der Waals surface area contributed by atoms with Crippen molar-refractivity contribution in [3.05, 3.63) is 56.1 Å². The van der Waals surface area contributed by atoms with E-state index in [4.69, 9.17) is 0 Å². The molecule has 0 aliphatic heterocycles. The van der Waals surface area contributed by atoms with Crippen molar-refractivity contribution in [2.45, 2.75) is 9.79 Å². The molecule has 0 amide bonds. The van der Waals surface area contributed by atoms with E-state index in [2.05, 4.69) is 61.5 Å². The van der Waals surface area contributed by atoms with E-state index in [1.165, 1.54) is 10.7 Å². The number of hydrogen-bond acceptors (Lipinski definition) is 3. The summed E-state index contributed by atoms with van der Waals surface area (Å²) in [5.74, 6) is -0.312. The maximum atomic E-state index is 11.3. The van der Waals surface area contributed by atoms with Crippen molar-refractivity contribution in [3.8, 4) is 0 Å². The first-order chi connectivity index (χ1) is 9.10. The number of ether oxygens (including phenoxy) is 1. The molecule has 19 heavy (non-hydrogen) atoms. The van der Waals surface area contributed by atoms with Crippen LogP contribution in [0.3, 0.4) is 0 Å².